The summed E-state index contributed by atoms with van der Waals surface area (Å²) in [6, 6.07) is 8.33. The van der Waals surface area contributed by atoms with Gasteiger partial charge in [0.2, 0.25) is 0 Å². The van der Waals surface area contributed by atoms with Gasteiger partial charge in [-0.1, -0.05) is 31.9 Å². The molecule has 0 aliphatic rings. The summed E-state index contributed by atoms with van der Waals surface area (Å²) in [4.78, 5) is 0. The number of halogens is 6. The van der Waals surface area contributed by atoms with Gasteiger partial charge in [0.25, 0.3) is 0 Å². The smallest absolute Gasteiger partial charge is 0.147 e. The van der Waals surface area contributed by atoms with Crippen LogP contribution in [-0.4, -0.2) is 49.3 Å². The Hall–Kier alpha value is 0.840. The number of rotatable bonds is 14. The fourth-order valence-corrected chi connectivity index (χ4v) is 6.81. The van der Waals surface area contributed by atoms with E-state index in [9.17, 15) is 0 Å². The van der Waals surface area contributed by atoms with Gasteiger partial charge in [0.1, 0.15) is 36.9 Å². The zero-order valence-corrected chi connectivity index (χ0v) is 27.8. The van der Waals surface area contributed by atoms with Gasteiger partial charge in [-0.15, -0.1) is 0 Å². The first-order valence-electron chi connectivity index (χ1n) is 10.4. The maximum atomic E-state index is 6.01. The molecule has 2 atom stereocenters. The van der Waals surface area contributed by atoms with Crippen molar-refractivity contribution >= 4 is 95.6 Å². The predicted molar refractivity (Wildman–Crippen MR) is 156 cm³/mol. The van der Waals surface area contributed by atoms with Gasteiger partial charge in [0, 0.05) is 23.9 Å². The van der Waals surface area contributed by atoms with Gasteiger partial charge in [0.05, 0.1) is 17.9 Å². The molecular formula is C23H26Br6O4. The van der Waals surface area contributed by atoms with Crippen molar-refractivity contribution in [3.63, 3.8) is 0 Å². The average Bonchev–Trinajstić information content (AvgIpc) is 2.76. The minimum Gasteiger partial charge on any atom is -0.488 e. The summed E-state index contributed by atoms with van der Waals surface area (Å²) in [6.07, 6.45) is 0.755. The molecule has 10 heteroatoms. The van der Waals surface area contributed by atoms with Gasteiger partial charge in [-0.25, -0.2) is 0 Å². The molecule has 4 nitrogen and oxygen atoms in total. The van der Waals surface area contributed by atoms with E-state index >= 15 is 0 Å². The van der Waals surface area contributed by atoms with Crippen molar-refractivity contribution in [2.45, 2.75) is 32.5 Å². The molecule has 0 saturated carbocycles. The molecule has 0 radical (unpaired) electrons. The Morgan fingerprint density at radius 2 is 0.970 bits per heavy atom. The number of benzene rings is 2. The Morgan fingerprint density at radius 3 is 1.24 bits per heavy atom. The fourth-order valence-electron chi connectivity index (χ4n) is 3.04. The Labute approximate surface area is 246 Å². The van der Waals surface area contributed by atoms with E-state index in [-0.39, 0.29) is 12.2 Å². The molecule has 0 saturated heterocycles. The van der Waals surface area contributed by atoms with E-state index in [1.165, 1.54) is 0 Å². The maximum Gasteiger partial charge on any atom is 0.147 e. The minimum atomic E-state index is 0.00208. The maximum absolute atomic E-state index is 6.01. The molecule has 0 spiro atoms. The summed E-state index contributed by atoms with van der Waals surface area (Å²) >= 11 is 21.6. The SMILES string of the molecule is CCOC(CBr)COc1c(Br)cc(Cc2cc(Br)c(OCC(CBr)OCC)c(Br)c2)cc1Br. The van der Waals surface area contributed by atoms with Crippen molar-refractivity contribution in [2.75, 3.05) is 37.1 Å². The molecule has 2 aromatic carbocycles. The van der Waals surface area contributed by atoms with Crippen molar-refractivity contribution in [1.29, 1.82) is 0 Å². The summed E-state index contributed by atoms with van der Waals surface area (Å²) in [5.74, 6) is 1.54. The van der Waals surface area contributed by atoms with Crippen LogP contribution in [0.25, 0.3) is 0 Å². The second-order valence-electron chi connectivity index (χ2n) is 7.04. The molecule has 0 N–H and O–H groups in total. The van der Waals surface area contributed by atoms with Crippen molar-refractivity contribution in [2.24, 2.45) is 0 Å². The van der Waals surface area contributed by atoms with Gasteiger partial charge in [-0.2, -0.15) is 0 Å². The molecule has 2 rings (SSSR count). The van der Waals surface area contributed by atoms with E-state index < -0.39 is 0 Å². The first-order chi connectivity index (χ1) is 15.8. The molecule has 184 valence electrons. The minimum absolute atomic E-state index is 0.00208. The molecule has 0 heterocycles. The third-order valence-electron chi connectivity index (χ3n) is 4.50. The van der Waals surface area contributed by atoms with Crippen LogP contribution in [0.1, 0.15) is 25.0 Å². The van der Waals surface area contributed by atoms with E-state index in [4.69, 9.17) is 18.9 Å². The van der Waals surface area contributed by atoms with Crippen LogP contribution in [0.4, 0.5) is 0 Å². The highest BCUT2D eigenvalue weighted by Gasteiger charge is 2.16. The zero-order chi connectivity index (χ0) is 24.4. The highest BCUT2D eigenvalue weighted by atomic mass is 79.9. The number of ether oxygens (including phenoxy) is 4. The Balaban J connectivity index is 2.10. The van der Waals surface area contributed by atoms with E-state index in [0.717, 1.165) is 57.6 Å². The van der Waals surface area contributed by atoms with E-state index in [2.05, 4.69) is 120 Å². The van der Waals surface area contributed by atoms with Crippen LogP contribution in [0.5, 0.6) is 11.5 Å². The second kappa shape index (κ2) is 15.8. The second-order valence-corrected chi connectivity index (χ2v) is 11.8. The third kappa shape index (κ3) is 9.67. The molecule has 33 heavy (non-hydrogen) atoms. The van der Waals surface area contributed by atoms with Gasteiger partial charge in [-0.3, -0.25) is 0 Å². The lowest BCUT2D eigenvalue weighted by Gasteiger charge is -2.18. The van der Waals surface area contributed by atoms with E-state index in [0.29, 0.717) is 26.4 Å². The number of hydrogen-bond donors (Lipinski definition) is 0. The van der Waals surface area contributed by atoms with Crippen molar-refractivity contribution in [1.82, 2.24) is 0 Å². The predicted octanol–water partition coefficient (Wildman–Crippen LogP) is 8.69. The normalized spacial score (nSPS) is 13.1. The van der Waals surface area contributed by atoms with Crippen LogP contribution in [-0.2, 0) is 15.9 Å². The Morgan fingerprint density at radius 1 is 0.636 bits per heavy atom. The lowest BCUT2D eigenvalue weighted by molar-refractivity contribution is 0.0436. The Bertz CT molecular complexity index is 778. The molecule has 0 aliphatic carbocycles. The quantitative estimate of drug-likeness (QED) is 0.179. The van der Waals surface area contributed by atoms with Crippen LogP contribution in [0.2, 0.25) is 0 Å². The molecule has 0 aromatic heterocycles. The summed E-state index contributed by atoms with van der Waals surface area (Å²) < 4.78 is 26.9. The van der Waals surface area contributed by atoms with Crippen LogP contribution in [0.15, 0.2) is 42.2 Å². The van der Waals surface area contributed by atoms with Crippen molar-refractivity contribution in [3.8, 4) is 11.5 Å². The van der Waals surface area contributed by atoms with Crippen LogP contribution in [0, 0.1) is 0 Å². The molecule has 2 unspecified atom stereocenters. The summed E-state index contributed by atoms with van der Waals surface area (Å²) in [5, 5.41) is 1.44. The van der Waals surface area contributed by atoms with Gasteiger partial charge in [-0.05, 0) is 119 Å². The largest absolute Gasteiger partial charge is 0.488 e. The lowest BCUT2D eigenvalue weighted by atomic mass is 10.0. The number of alkyl halides is 2. The highest BCUT2D eigenvalue weighted by Crippen LogP contribution is 2.38. The van der Waals surface area contributed by atoms with Gasteiger partial charge >= 0.3 is 0 Å². The molecular weight excluding hydrogens is 820 g/mol. The summed E-state index contributed by atoms with van der Waals surface area (Å²) in [6.45, 7) is 6.20. The molecule has 0 fully saturated rings. The van der Waals surface area contributed by atoms with E-state index in [1.807, 2.05) is 13.8 Å². The third-order valence-corrected chi connectivity index (χ3v) is 8.30. The average molecular weight is 846 g/mol. The summed E-state index contributed by atoms with van der Waals surface area (Å²) in [5.41, 5.74) is 2.29. The number of hydrogen-bond acceptors (Lipinski definition) is 4. The van der Waals surface area contributed by atoms with Crippen molar-refractivity contribution in [3.05, 3.63) is 53.3 Å². The molecule has 0 bridgehead atoms. The monoisotopic (exact) mass is 840 g/mol. The standard InChI is InChI=1S/C23H26Br6O4/c1-3-30-16(10-24)12-32-22-18(26)6-14(7-19(22)27)5-15-8-20(28)23(21(29)9-15)33-13-17(11-25)31-4-2/h6-9,16-17H,3-5,10-13H2,1-2H3. The van der Waals surface area contributed by atoms with Crippen LogP contribution >= 0.6 is 95.6 Å². The van der Waals surface area contributed by atoms with Gasteiger partial charge < -0.3 is 18.9 Å². The Kier molecular flexibility index (Phi) is 14.4. The van der Waals surface area contributed by atoms with E-state index in [1.54, 1.807) is 0 Å². The first-order valence-corrected chi connectivity index (χ1v) is 15.8. The molecule has 0 aliphatic heterocycles. The molecule has 0 amide bonds. The highest BCUT2D eigenvalue weighted by molar-refractivity contribution is 9.11. The molecule has 2 aromatic rings. The van der Waals surface area contributed by atoms with Crippen molar-refractivity contribution < 1.29 is 18.9 Å². The first kappa shape index (κ1) is 30.1. The van der Waals surface area contributed by atoms with Crippen LogP contribution in [0.3, 0.4) is 0 Å². The topological polar surface area (TPSA) is 36.9 Å². The summed E-state index contributed by atoms with van der Waals surface area (Å²) in [7, 11) is 0. The lowest BCUT2D eigenvalue weighted by Crippen LogP contribution is -2.23. The van der Waals surface area contributed by atoms with Gasteiger partial charge in [0.15, 0.2) is 0 Å². The zero-order valence-electron chi connectivity index (χ0n) is 18.3. The van der Waals surface area contributed by atoms with Crippen LogP contribution < -0.4 is 9.47 Å². The fraction of sp³-hybridized carbons (Fsp3) is 0.478.